The van der Waals surface area contributed by atoms with Crippen LogP contribution in [0.2, 0.25) is 0 Å². The zero-order valence-electron chi connectivity index (χ0n) is 8.93. The third-order valence-electron chi connectivity index (χ3n) is 2.14. The molecule has 0 spiro atoms. The fraction of sp³-hybridized carbons (Fsp3) is 0.0769. The van der Waals surface area contributed by atoms with Gasteiger partial charge in [0.05, 0.1) is 0 Å². The summed E-state index contributed by atoms with van der Waals surface area (Å²) in [5.74, 6) is 0.447. The molecule has 4 heteroatoms. The molecule has 2 rings (SSSR count). The van der Waals surface area contributed by atoms with Crippen LogP contribution in [-0.2, 0) is 5.75 Å². The highest BCUT2D eigenvalue weighted by atomic mass is 32.2. The predicted octanol–water partition coefficient (Wildman–Crippen LogP) is 3.38. The first-order chi connectivity index (χ1) is 8.28. The van der Waals surface area contributed by atoms with Crippen LogP contribution in [0.3, 0.4) is 0 Å². The Morgan fingerprint density at radius 1 is 1.29 bits per heavy atom. The Morgan fingerprint density at radius 2 is 2.18 bits per heavy atom. The highest BCUT2D eigenvalue weighted by molar-refractivity contribution is 7.98. The number of thioether (sulfide) groups is 1. The quantitative estimate of drug-likeness (QED) is 0.776. The SMILES string of the molecule is N#Cc1cc(SCc2cccc(F)c2)ccn1. The standard InChI is InChI=1S/C13H9FN2S/c14-11-3-1-2-10(6-11)9-17-13-4-5-16-12(7-13)8-15/h1-7H,9H2. The number of pyridine rings is 1. The number of hydrogen-bond acceptors (Lipinski definition) is 3. The van der Waals surface area contributed by atoms with E-state index >= 15 is 0 Å². The molecule has 0 saturated carbocycles. The second-order valence-electron chi connectivity index (χ2n) is 3.41. The molecule has 2 aromatic rings. The van der Waals surface area contributed by atoms with Crippen LogP contribution >= 0.6 is 11.8 Å². The van der Waals surface area contributed by atoms with Crippen molar-refractivity contribution in [1.82, 2.24) is 4.98 Å². The van der Waals surface area contributed by atoms with Gasteiger partial charge in [0.15, 0.2) is 0 Å². The van der Waals surface area contributed by atoms with Crippen molar-refractivity contribution < 1.29 is 4.39 Å². The Labute approximate surface area is 103 Å². The van der Waals surface area contributed by atoms with Crippen molar-refractivity contribution in [2.24, 2.45) is 0 Å². The fourth-order valence-corrected chi connectivity index (χ4v) is 2.22. The highest BCUT2D eigenvalue weighted by Crippen LogP contribution is 2.22. The molecule has 0 aliphatic carbocycles. The summed E-state index contributed by atoms with van der Waals surface area (Å²) < 4.78 is 12.9. The lowest BCUT2D eigenvalue weighted by Gasteiger charge is -2.02. The average molecular weight is 244 g/mol. The van der Waals surface area contributed by atoms with Crippen LogP contribution in [0, 0.1) is 17.1 Å². The second kappa shape index (κ2) is 5.46. The van der Waals surface area contributed by atoms with Gasteiger partial charge in [-0.25, -0.2) is 9.37 Å². The molecular weight excluding hydrogens is 235 g/mol. The zero-order valence-corrected chi connectivity index (χ0v) is 9.75. The minimum absolute atomic E-state index is 0.226. The third-order valence-corrected chi connectivity index (χ3v) is 3.21. The highest BCUT2D eigenvalue weighted by Gasteiger charge is 1.99. The van der Waals surface area contributed by atoms with Crippen LogP contribution in [0.1, 0.15) is 11.3 Å². The molecule has 0 bridgehead atoms. The lowest BCUT2D eigenvalue weighted by atomic mass is 10.2. The molecule has 0 saturated heterocycles. The lowest BCUT2D eigenvalue weighted by Crippen LogP contribution is -1.85. The topological polar surface area (TPSA) is 36.7 Å². The van der Waals surface area contributed by atoms with E-state index in [-0.39, 0.29) is 5.82 Å². The summed E-state index contributed by atoms with van der Waals surface area (Å²) in [4.78, 5) is 4.85. The van der Waals surface area contributed by atoms with E-state index < -0.39 is 0 Å². The lowest BCUT2D eigenvalue weighted by molar-refractivity contribution is 0.626. The largest absolute Gasteiger partial charge is 0.245 e. The van der Waals surface area contributed by atoms with E-state index in [4.69, 9.17) is 5.26 Å². The molecule has 0 N–H and O–H groups in total. The maximum Gasteiger partial charge on any atom is 0.141 e. The van der Waals surface area contributed by atoms with Crippen molar-refractivity contribution in [2.75, 3.05) is 0 Å². The molecule has 0 radical (unpaired) electrons. The van der Waals surface area contributed by atoms with E-state index in [2.05, 4.69) is 4.98 Å². The van der Waals surface area contributed by atoms with Gasteiger partial charge in [-0.15, -0.1) is 11.8 Å². The summed E-state index contributed by atoms with van der Waals surface area (Å²) in [5, 5.41) is 8.71. The molecule has 1 heterocycles. The van der Waals surface area contributed by atoms with Crippen molar-refractivity contribution in [3.8, 4) is 6.07 Å². The number of aromatic nitrogens is 1. The first-order valence-electron chi connectivity index (χ1n) is 5.01. The number of benzene rings is 1. The van der Waals surface area contributed by atoms with Crippen molar-refractivity contribution in [3.05, 3.63) is 59.7 Å². The molecule has 0 unspecified atom stereocenters. The summed E-state index contributed by atoms with van der Waals surface area (Å²) in [6.07, 6.45) is 1.60. The molecule has 0 aliphatic heterocycles. The fourth-order valence-electron chi connectivity index (χ4n) is 1.36. The van der Waals surface area contributed by atoms with Crippen molar-refractivity contribution >= 4 is 11.8 Å². The minimum Gasteiger partial charge on any atom is -0.245 e. The van der Waals surface area contributed by atoms with Crippen LogP contribution in [-0.4, -0.2) is 4.98 Å². The zero-order chi connectivity index (χ0) is 12.1. The summed E-state index contributed by atoms with van der Waals surface area (Å²) in [7, 11) is 0. The Balaban J connectivity index is 2.05. The Hall–Kier alpha value is -1.86. The van der Waals surface area contributed by atoms with Crippen LogP contribution < -0.4 is 0 Å². The van der Waals surface area contributed by atoms with Crippen LogP contribution in [0.15, 0.2) is 47.5 Å². The monoisotopic (exact) mass is 244 g/mol. The van der Waals surface area contributed by atoms with Crippen LogP contribution in [0.25, 0.3) is 0 Å². The normalized spacial score (nSPS) is 9.88. The predicted molar refractivity (Wildman–Crippen MR) is 64.9 cm³/mol. The van der Waals surface area contributed by atoms with E-state index in [0.29, 0.717) is 11.4 Å². The number of rotatable bonds is 3. The van der Waals surface area contributed by atoms with Crippen molar-refractivity contribution in [3.63, 3.8) is 0 Å². The first-order valence-corrected chi connectivity index (χ1v) is 6.00. The number of nitriles is 1. The number of halogens is 1. The molecule has 0 aliphatic rings. The summed E-state index contributed by atoms with van der Waals surface area (Å²) in [5.41, 5.74) is 1.32. The van der Waals surface area contributed by atoms with E-state index in [1.807, 2.05) is 18.2 Å². The van der Waals surface area contributed by atoms with E-state index in [1.54, 1.807) is 30.1 Å². The maximum absolute atomic E-state index is 12.9. The molecule has 17 heavy (non-hydrogen) atoms. The van der Waals surface area contributed by atoms with Crippen molar-refractivity contribution in [1.29, 1.82) is 5.26 Å². The Bertz CT molecular complexity index is 563. The van der Waals surface area contributed by atoms with Gasteiger partial charge < -0.3 is 0 Å². The first kappa shape index (κ1) is 11.6. The Morgan fingerprint density at radius 3 is 2.94 bits per heavy atom. The van der Waals surface area contributed by atoms with Gasteiger partial charge in [-0.3, -0.25) is 0 Å². The molecule has 2 nitrogen and oxygen atoms in total. The molecule has 84 valence electrons. The number of hydrogen-bond donors (Lipinski definition) is 0. The van der Waals surface area contributed by atoms with Gasteiger partial charge >= 0.3 is 0 Å². The van der Waals surface area contributed by atoms with E-state index in [9.17, 15) is 4.39 Å². The average Bonchev–Trinajstić information content (AvgIpc) is 2.37. The van der Waals surface area contributed by atoms with Gasteiger partial charge in [-0.2, -0.15) is 5.26 Å². The van der Waals surface area contributed by atoms with Gasteiger partial charge in [-0.1, -0.05) is 12.1 Å². The molecule has 0 atom stereocenters. The molecule has 1 aromatic heterocycles. The van der Waals surface area contributed by atoms with E-state index in [1.165, 1.54) is 12.1 Å². The summed E-state index contributed by atoms with van der Waals surface area (Å²) in [6, 6.07) is 12.1. The molecular formula is C13H9FN2S. The van der Waals surface area contributed by atoms with Gasteiger partial charge in [0.2, 0.25) is 0 Å². The van der Waals surface area contributed by atoms with Gasteiger partial charge in [-0.05, 0) is 29.8 Å². The second-order valence-corrected chi connectivity index (χ2v) is 4.46. The van der Waals surface area contributed by atoms with Crippen molar-refractivity contribution in [2.45, 2.75) is 10.6 Å². The maximum atomic E-state index is 12.9. The molecule has 0 amide bonds. The molecule has 1 aromatic carbocycles. The minimum atomic E-state index is -0.226. The van der Waals surface area contributed by atoms with E-state index in [0.717, 1.165) is 10.5 Å². The summed E-state index contributed by atoms with van der Waals surface area (Å²) >= 11 is 1.55. The number of nitrogens with zero attached hydrogens (tertiary/aromatic N) is 2. The third kappa shape index (κ3) is 3.30. The van der Waals surface area contributed by atoms with Gasteiger partial charge in [0, 0.05) is 16.8 Å². The van der Waals surface area contributed by atoms with Gasteiger partial charge in [0.1, 0.15) is 17.6 Å². The summed E-state index contributed by atoms with van der Waals surface area (Å²) in [6.45, 7) is 0. The van der Waals surface area contributed by atoms with Gasteiger partial charge in [0.25, 0.3) is 0 Å². The molecule has 0 fully saturated rings. The van der Waals surface area contributed by atoms with Crippen LogP contribution in [0.5, 0.6) is 0 Å². The smallest absolute Gasteiger partial charge is 0.141 e. The Kier molecular flexibility index (Phi) is 3.73. The van der Waals surface area contributed by atoms with Crippen LogP contribution in [0.4, 0.5) is 4.39 Å².